The molecule has 1 aliphatic heterocycles. The van der Waals surface area contributed by atoms with Gasteiger partial charge in [0.15, 0.2) is 5.60 Å². The number of hydrogen-bond acceptors (Lipinski definition) is 7. The van der Waals surface area contributed by atoms with Crippen LogP contribution in [0.3, 0.4) is 0 Å². The third-order valence-corrected chi connectivity index (χ3v) is 5.48. The highest BCUT2D eigenvalue weighted by Crippen LogP contribution is 2.54. The van der Waals surface area contributed by atoms with E-state index in [2.05, 4.69) is 0 Å². The average molecular weight is 344 g/mol. The van der Waals surface area contributed by atoms with Gasteiger partial charge in [0.25, 0.3) is 0 Å². The molecule has 0 bridgehead atoms. The van der Waals surface area contributed by atoms with Crippen molar-refractivity contribution < 1.29 is 29.0 Å². The summed E-state index contributed by atoms with van der Waals surface area (Å²) in [4.78, 5) is 36.5. The number of aromatic hydroxyl groups is 1. The molecule has 1 fully saturated rings. The molecule has 1 aromatic carbocycles. The van der Waals surface area contributed by atoms with Crippen LogP contribution in [0.2, 0.25) is 0 Å². The van der Waals surface area contributed by atoms with E-state index in [1.54, 1.807) is 6.92 Å². The number of Topliss-reactive ketones (excluding diaryl/α,β-unsaturated/α-hetero) is 2. The Kier molecular flexibility index (Phi) is 2.97. The van der Waals surface area contributed by atoms with E-state index >= 15 is 0 Å². The molecule has 1 aromatic heterocycles. The fraction of sp³-hybridized carbons (Fsp3) is 0.389. The molecule has 0 saturated heterocycles. The first kappa shape index (κ1) is 15.8. The zero-order valence-electron chi connectivity index (χ0n) is 13.7. The second-order valence-corrected chi connectivity index (χ2v) is 6.89. The van der Waals surface area contributed by atoms with Crippen molar-refractivity contribution in [1.82, 2.24) is 0 Å². The standard InChI is InChI=1S/C18H16O7/c1-8(19)10-5-6-17(2)18(10,23)16(22)14-12(25-17)7-11-9(15(14)21)3-4-13(20)24-11/h3-4,7,10,21,23H,5-6H2,1-2H3/t10-,17+,18+/m0/s1. The normalized spacial score (nSPS) is 30.7. The maximum Gasteiger partial charge on any atom is 0.336 e. The lowest BCUT2D eigenvalue weighted by Gasteiger charge is -2.44. The third-order valence-electron chi connectivity index (χ3n) is 5.48. The molecule has 0 unspecified atom stereocenters. The number of rotatable bonds is 1. The van der Waals surface area contributed by atoms with Gasteiger partial charge in [0.05, 0.1) is 11.3 Å². The molecule has 1 aliphatic carbocycles. The van der Waals surface area contributed by atoms with Crippen LogP contribution in [0.25, 0.3) is 11.0 Å². The molecule has 25 heavy (non-hydrogen) atoms. The van der Waals surface area contributed by atoms with Gasteiger partial charge < -0.3 is 19.4 Å². The maximum atomic E-state index is 13.1. The average Bonchev–Trinajstić information content (AvgIpc) is 2.80. The Balaban J connectivity index is 2.02. The van der Waals surface area contributed by atoms with E-state index in [1.165, 1.54) is 19.1 Å². The van der Waals surface area contributed by atoms with Crippen molar-refractivity contribution in [2.24, 2.45) is 5.92 Å². The SMILES string of the molecule is CC(=O)[C@@H]1CC[C@@]2(C)Oc3cc4oc(=O)ccc4c(O)c3C(=O)[C@]12O. The Labute approximate surface area is 141 Å². The van der Waals surface area contributed by atoms with Gasteiger partial charge in [-0.25, -0.2) is 4.79 Å². The summed E-state index contributed by atoms with van der Waals surface area (Å²) >= 11 is 0. The van der Waals surface area contributed by atoms with Crippen LogP contribution in [0.1, 0.15) is 37.0 Å². The number of fused-ring (bicyclic) bond motifs is 3. The Morgan fingerprint density at radius 3 is 2.72 bits per heavy atom. The van der Waals surface area contributed by atoms with Gasteiger partial charge >= 0.3 is 5.63 Å². The van der Waals surface area contributed by atoms with Crippen molar-refractivity contribution in [3.05, 3.63) is 34.2 Å². The molecule has 7 nitrogen and oxygen atoms in total. The van der Waals surface area contributed by atoms with Crippen LogP contribution < -0.4 is 10.4 Å². The molecule has 0 amide bonds. The first-order valence-corrected chi connectivity index (χ1v) is 7.95. The molecule has 2 aromatic rings. The molecule has 3 atom stereocenters. The van der Waals surface area contributed by atoms with Crippen molar-refractivity contribution in [3.63, 3.8) is 0 Å². The Hall–Kier alpha value is -2.67. The van der Waals surface area contributed by atoms with E-state index in [0.717, 1.165) is 6.07 Å². The van der Waals surface area contributed by atoms with Crippen molar-refractivity contribution in [2.45, 2.75) is 37.9 Å². The minimum Gasteiger partial charge on any atom is -0.506 e. The number of phenolic OH excluding ortho intramolecular Hbond substituents is 1. The van der Waals surface area contributed by atoms with Crippen molar-refractivity contribution in [2.75, 3.05) is 0 Å². The summed E-state index contributed by atoms with van der Waals surface area (Å²) in [6.45, 7) is 2.89. The van der Waals surface area contributed by atoms with E-state index < -0.39 is 34.3 Å². The fourth-order valence-electron chi connectivity index (χ4n) is 4.12. The Morgan fingerprint density at radius 2 is 2.04 bits per heavy atom. The highest BCUT2D eigenvalue weighted by Gasteiger charge is 2.67. The highest BCUT2D eigenvalue weighted by atomic mass is 16.5. The largest absolute Gasteiger partial charge is 0.506 e. The van der Waals surface area contributed by atoms with Crippen LogP contribution in [0.5, 0.6) is 11.5 Å². The second kappa shape index (κ2) is 4.70. The summed E-state index contributed by atoms with van der Waals surface area (Å²) in [6.07, 6.45) is 0.605. The molecule has 2 N–H and O–H groups in total. The Morgan fingerprint density at radius 1 is 1.32 bits per heavy atom. The number of aliphatic hydroxyl groups is 1. The number of hydrogen-bond donors (Lipinski definition) is 2. The number of benzene rings is 1. The van der Waals surface area contributed by atoms with E-state index in [4.69, 9.17) is 9.15 Å². The number of ether oxygens (including phenoxy) is 1. The first-order chi connectivity index (χ1) is 11.7. The van der Waals surface area contributed by atoms with Crippen LogP contribution in [0.4, 0.5) is 0 Å². The summed E-state index contributed by atoms with van der Waals surface area (Å²) < 4.78 is 10.9. The molecule has 0 spiro atoms. The maximum absolute atomic E-state index is 13.1. The summed E-state index contributed by atoms with van der Waals surface area (Å²) in [5.41, 5.74) is -4.08. The quantitative estimate of drug-likeness (QED) is 0.755. The molecule has 4 rings (SSSR count). The lowest BCUT2D eigenvalue weighted by Crippen LogP contribution is -2.63. The lowest BCUT2D eigenvalue weighted by molar-refractivity contribution is -0.137. The lowest BCUT2D eigenvalue weighted by atomic mass is 9.72. The zero-order valence-corrected chi connectivity index (χ0v) is 13.7. The van der Waals surface area contributed by atoms with Gasteiger partial charge in [-0.1, -0.05) is 0 Å². The van der Waals surface area contributed by atoms with Crippen LogP contribution >= 0.6 is 0 Å². The molecule has 7 heteroatoms. The van der Waals surface area contributed by atoms with Crippen molar-refractivity contribution >= 4 is 22.5 Å². The van der Waals surface area contributed by atoms with Crippen molar-refractivity contribution in [1.29, 1.82) is 0 Å². The van der Waals surface area contributed by atoms with Crippen LogP contribution in [-0.2, 0) is 4.79 Å². The minimum absolute atomic E-state index is 0.0285. The molecular weight excluding hydrogens is 328 g/mol. The topological polar surface area (TPSA) is 114 Å². The van der Waals surface area contributed by atoms with Crippen LogP contribution in [-0.4, -0.2) is 33.0 Å². The van der Waals surface area contributed by atoms with Gasteiger partial charge in [-0.05, 0) is 32.8 Å². The molecule has 1 saturated carbocycles. The van der Waals surface area contributed by atoms with Gasteiger partial charge in [-0.15, -0.1) is 0 Å². The van der Waals surface area contributed by atoms with Gasteiger partial charge in [-0.3, -0.25) is 9.59 Å². The molecule has 2 heterocycles. The van der Waals surface area contributed by atoms with Gasteiger partial charge in [0, 0.05) is 12.1 Å². The number of ketones is 2. The molecule has 0 radical (unpaired) electrons. The zero-order chi connectivity index (χ0) is 18.1. The predicted octanol–water partition coefficient (Wildman–Crippen LogP) is 1.56. The highest BCUT2D eigenvalue weighted by molar-refractivity contribution is 6.14. The summed E-state index contributed by atoms with van der Waals surface area (Å²) in [5.74, 6) is -2.37. The van der Waals surface area contributed by atoms with E-state index in [1.807, 2.05) is 0 Å². The first-order valence-electron chi connectivity index (χ1n) is 7.95. The number of carbonyl (C=O) groups is 2. The predicted molar refractivity (Wildman–Crippen MR) is 85.9 cm³/mol. The third kappa shape index (κ3) is 1.81. The minimum atomic E-state index is -2.05. The molecule has 2 aliphatic rings. The summed E-state index contributed by atoms with van der Waals surface area (Å²) in [7, 11) is 0. The monoisotopic (exact) mass is 344 g/mol. The van der Waals surface area contributed by atoms with Gasteiger partial charge in [0.1, 0.15) is 34.0 Å². The molecule has 130 valence electrons. The molecular formula is C18H16O7. The number of carbonyl (C=O) groups excluding carboxylic acids is 2. The van der Waals surface area contributed by atoms with E-state index in [9.17, 15) is 24.6 Å². The van der Waals surface area contributed by atoms with Gasteiger partial charge in [-0.2, -0.15) is 0 Å². The van der Waals surface area contributed by atoms with Gasteiger partial charge in [0.2, 0.25) is 5.78 Å². The van der Waals surface area contributed by atoms with Crippen LogP contribution in [0, 0.1) is 5.92 Å². The number of phenols is 1. The van der Waals surface area contributed by atoms with Crippen molar-refractivity contribution in [3.8, 4) is 11.5 Å². The Bertz CT molecular complexity index is 1000. The van der Waals surface area contributed by atoms with E-state index in [-0.39, 0.29) is 28.1 Å². The summed E-state index contributed by atoms with van der Waals surface area (Å²) in [6, 6.07) is 3.81. The van der Waals surface area contributed by atoms with Crippen LogP contribution in [0.15, 0.2) is 27.4 Å². The second-order valence-electron chi connectivity index (χ2n) is 6.89. The summed E-state index contributed by atoms with van der Waals surface area (Å²) in [5, 5.41) is 21.9. The fourth-order valence-corrected chi connectivity index (χ4v) is 4.12. The smallest absolute Gasteiger partial charge is 0.336 e. The van der Waals surface area contributed by atoms with E-state index in [0.29, 0.717) is 12.8 Å².